The van der Waals surface area contributed by atoms with Gasteiger partial charge in [0.05, 0.1) is 0 Å². The molecule has 110 valence electrons. The molecule has 0 aliphatic rings. The third-order valence-electron chi connectivity index (χ3n) is 1.70. The van der Waals surface area contributed by atoms with Crippen LogP contribution in [0, 0.1) is 0 Å². The first kappa shape index (κ1) is 27.1. The van der Waals surface area contributed by atoms with E-state index >= 15 is 0 Å². The lowest BCUT2D eigenvalue weighted by molar-refractivity contribution is 0.378. The molecule has 0 rings (SSSR count). The predicted octanol–water partition coefficient (Wildman–Crippen LogP) is 4.87. The van der Waals surface area contributed by atoms with Crippen LogP contribution in [0.15, 0.2) is 0 Å². The minimum Gasteiger partial charge on any atom is -0.304 e. The summed E-state index contributed by atoms with van der Waals surface area (Å²) in [5.74, 6) is 2.93. The van der Waals surface area contributed by atoms with Gasteiger partial charge in [-0.05, 0) is 19.9 Å². The Balaban J connectivity index is -0.0000000896. The van der Waals surface area contributed by atoms with Gasteiger partial charge in [0.15, 0.2) is 0 Å². The zero-order valence-electron chi connectivity index (χ0n) is 10.1. The predicted molar refractivity (Wildman–Crippen MR) is 88.7 cm³/mol. The lowest BCUT2D eigenvalue weighted by atomic mass is 10.3. The molecule has 17 heavy (non-hydrogen) atoms. The van der Waals surface area contributed by atoms with Crippen molar-refractivity contribution >= 4 is 71.2 Å². The maximum atomic E-state index is 5.45. The van der Waals surface area contributed by atoms with Crippen molar-refractivity contribution in [1.29, 1.82) is 0 Å². The molecule has 0 aromatic heterocycles. The van der Waals surface area contributed by atoms with E-state index in [9.17, 15) is 0 Å². The van der Waals surface area contributed by atoms with Crippen LogP contribution in [0.2, 0.25) is 0 Å². The molecule has 0 N–H and O–H groups in total. The number of hydrogen-bond donors (Lipinski definition) is 0. The lowest BCUT2D eigenvalue weighted by Crippen LogP contribution is -2.22. The molecule has 0 radical (unpaired) electrons. The smallest absolute Gasteiger partial charge is 0.0351 e. The van der Waals surface area contributed by atoms with E-state index in [1.54, 1.807) is 0 Å². The Morgan fingerprint density at radius 3 is 1.24 bits per heavy atom. The molecule has 0 spiro atoms. The molecule has 0 saturated heterocycles. The highest BCUT2D eigenvalue weighted by atomic mass is 35.5. The molecule has 0 aliphatic carbocycles. The van der Waals surface area contributed by atoms with Crippen molar-refractivity contribution in [3.05, 3.63) is 0 Å². The Kier molecular flexibility index (Phi) is 41.9. The zero-order valence-corrected chi connectivity index (χ0v) is 14.8. The van der Waals surface area contributed by atoms with Gasteiger partial charge < -0.3 is 4.90 Å². The van der Waals surface area contributed by atoms with E-state index in [1.165, 1.54) is 6.42 Å². The van der Waals surface area contributed by atoms with Crippen LogP contribution < -0.4 is 0 Å². The summed E-state index contributed by atoms with van der Waals surface area (Å²) in [5, 5.41) is 0. The van der Waals surface area contributed by atoms with Crippen LogP contribution >= 0.6 is 71.2 Å². The van der Waals surface area contributed by atoms with Crippen LogP contribution in [0.25, 0.3) is 0 Å². The summed E-state index contributed by atoms with van der Waals surface area (Å²) < 4.78 is 0. The molecule has 1 nitrogen and oxygen atoms in total. The first-order chi connectivity index (χ1) is 7.22. The number of unbranched alkanes of at least 4 members (excludes halogenated alkanes) is 2. The Morgan fingerprint density at radius 1 is 0.647 bits per heavy atom. The number of halogens is 6. The Labute approximate surface area is 138 Å². The van der Waals surface area contributed by atoms with Gasteiger partial charge in [-0.3, -0.25) is 0 Å². The highest BCUT2D eigenvalue weighted by Crippen LogP contribution is 1.97. The van der Waals surface area contributed by atoms with E-state index in [0.717, 1.165) is 37.7 Å². The van der Waals surface area contributed by atoms with Gasteiger partial charge in [0.25, 0.3) is 0 Å². The first-order valence-corrected chi connectivity index (χ1v) is 7.29. The molecular weight excluding hydrogens is 347 g/mol. The SMILES string of the molecule is CN(CCCl)CCCl.Cl.Cl.ClCCCCCCl. The van der Waals surface area contributed by atoms with E-state index in [2.05, 4.69) is 4.90 Å². The van der Waals surface area contributed by atoms with Gasteiger partial charge in [-0.2, -0.15) is 0 Å². The van der Waals surface area contributed by atoms with Crippen molar-refractivity contribution in [2.45, 2.75) is 19.3 Å². The Hall–Kier alpha value is 1.70. The van der Waals surface area contributed by atoms with Crippen LogP contribution in [0.1, 0.15) is 19.3 Å². The molecule has 0 fully saturated rings. The molecule has 0 bridgehead atoms. The van der Waals surface area contributed by atoms with Crippen molar-refractivity contribution in [1.82, 2.24) is 4.90 Å². The highest BCUT2D eigenvalue weighted by molar-refractivity contribution is 6.18. The average molecular weight is 370 g/mol. The first-order valence-electron chi connectivity index (χ1n) is 5.15. The van der Waals surface area contributed by atoms with Gasteiger partial charge in [-0.15, -0.1) is 71.2 Å². The van der Waals surface area contributed by atoms with Crippen molar-refractivity contribution in [3.8, 4) is 0 Å². The molecule has 0 unspecified atom stereocenters. The standard InChI is InChI=1S/C5H11Cl2N.C5H10Cl2.2ClH/c1-8(4-2-6)5-3-7;6-4-2-1-3-5-7;;/h2-5H2,1H3;1-5H2;2*1H. The quantitative estimate of drug-likeness (QED) is 0.435. The largest absolute Gasteiger partial charge is 0.304 e. The van der Waals surface area contributed by atoms with Crippen molar-refractivity contribution in [2.24, 2.45) is 0 Å². The summed E-state index contributed by atoms with van der Waals surface area (Å²) in [6, 6.07) is 0. The maximum Gasteiger partial charge on any atom is 0.0351 e. The molecule has 0 heterocycles. The minimum atomic E-state index is 0. The molecular formula is C10H23Cl6N. The molecule has 0 atom stereocenters. The molecule has 0 aliphatic heterocycles. The van der Waals surface area contributed by atoms with Gasteiger partial charge in [0.2, 0.25) is 0 Å². The second-order valence-electron chi connectivity index (χ2n) is 3.12. The van der Waals surface area contributed by atoms with Crippen molar-refractivity contribution < 1.29 is 0 Å². The van der Waals surface area contributed by atoms with E-state index in [-0.39, 0.29) is 24.8 Å². The van der Waals surface area contributed by atoms with Gasteiger partial charge in [-0.1, -0.05) is 6.42 Å². The molecule has 0 aromatic rings. The number of nitrogens with zero attached hydrogens (tertiary/aromatic N) is 1. The molecule has 7 heteroatoms. The summed E-state index contributed by atoms with van der Waals surface area (Å²) in [6.07, 6.45) is 3.38. The number of hydrogen-bond acceptors (Lipinski definition) is 1. The van der Waals surface area contributed by atoms with Crippen LogP contribution in [0.5, 0.6) is 0 Å². The van der Waals surface area contributed by atoms with Gasteiger partial charge in [0, 0.05) is 36.6 Å². The lowest BCUT2D eigenvalue weighted by Gasteiger charge is -2.11. The van der Waals surface area contributed by atoms with E-state index in [1.807, 2.05) is 7.05 Å². The Morgan fingerprint density at radius 2 is 1.00 bits per heavy atom. The topological polar surface area (TPSA) is 3.24 Å². The second kappa shape index (κ2) is 26.3. The normalized spacial score (nSPS) is 8.82. The fourth-order valence-corrected chi connectivity index (χ4v) is 1.72. The van der Waals surface area contributed by atoms with Crippen molar-refractivity contribution in [3.63, 3.8) is 0 Å². The van der Waals surface area contributed by atoms with E-state index < -0.39 is 0 Å². The van der Waals surface area contributed by atoms with Gasteiger partial charge in [0.1, 0.15) is 0 Å². The van der Waals surface area contributed by atoms with E-state index in [4.69, 9.17) is 46.4 Å². The average Bonchev–Trinajstić information content (AvgIpc) is 2.20. The summed E-state index contributed by atoms with van der Waals surface area (Å²) in [7, 11) is 2.00. The fourth-order valence-electron chi connectivity index (χ4n) is 0.766. The Bertz CT molecular complexity index is 96.8. The summed E-state index contributed by atoms with van der Waals surface area (Å²) in [6.45, 7) is 1.85. The van der Waals surface area contributed by atoms with Crippen molar-refractivity contribution in [2.75, 3.05) is 43.7 Å². The molecule has 0 amide bonds. The van der Waals surface area contributed by atoms with Gasteiger partial charge >= 0.3 is 0 Å². The summed E-state index contributed by atoms with van der Waals surface area (Å²) >= 11 is 21.7. The summed E-state index contributed by atoms with van der Waals surface area (Å²) in [5.41, 5.74) is 0. The van der Waals surface area contributed by atoms with Crippen LogP contribution in [0.4, 0.5) is 0 Å². The molecule has 0 aromatic carbocycles. The number of alkyl halides is 4. The minimum absolute atomic E-state index is 0. The van der Waals surface area contributed by atoms with E-state index in [0.29, 0.717) is 11.8 Å². The third kappa shape index (κ3) is 31.9. The monoisotopic (exact) mass is 367 g/mol. The van der Waals surface area contributed by atoms with Crippen LogP contribution in [-0.4, -0.2) is 48.6 Å². The fraction of sp³-hybridized carbons (Fsp3) is 1.00. The van der Waals surface area contributed by atoms with Crippen LogP contribution in [0.3, 0.4) is 0 Å². The zero-order chi connectivity index (χ0) is 11.9. The third-order valence-corrected chi connectivity index (χ3v) is 2.57. The number of rotatable bonds is 8. The van der Waals surface area contributed by atoms with Crippen LogP contribution in [-0.2, 0) is 0 Å². The highest BCUT2D eigenvalue weighted by Gasteiger charge is 1.92. The second-order valence-corrected chi connectivity index (χ2v) is 4.63. The summed E-state index contributed by atoms with van der Waals surface area (Å²) in [4.78, 5) is 2.10. The maximum absolute atomic E-state index is 5.45. The van der Waals surface area contributed by atoms with Gasteiger partial charge in [-0.25, -0.2) is 0 Å². The molecule has 0 saturated carbocycles.